The van der Waals surface area contributed by atoms with Gasteiger partial charge in [0.05, 0.1) is 0 Å². The van der Waals surface area contributed by atoms with E-state index in [-0.39, 0.29) is 0 Å². The summed E-state index contributed by atoms with van der Waals surface area (Å²) in [5.74, 6) is 1.69. The minimum absolute atomic E-state index is 0.428. The molecule has 1 aliphatic rings. The predicted molar refractivity (Wildman–Crippen MR) is 57.2 cm³/mol. The van der Waals surface area contributed by atoms with Gasteiger partial charge in [0.25, 0.3) is 0 Å². The first kappa shape index (κ1) is 11.7. The second kappa shape index (κ2) is 4.69. The molecule has 1 rings (SSSR count). The maximum absolute atomic E-state index is 2.36. The highest BCUT2D eigenvalue weighted by molar-refractivity contribution is 5.03. The number of hydrogen-bond donors (Lipinski definition) is 0. The van der Waals surface area contributed by atoms with E-state index in [1.54, 1.807) is 0 Å². The summed E-state index contributed by atoms with van der Waals surface area (Å²) in [6, 6.07) is 0. The molecule has 0 fully saturated rings. The van der Waals surface area contributed by atoms with Crippen LogP contribution < -0.4 is 0 Å². The maximum Gasteiger partial charge on any atom is -0.0147 e. The van der Waals surface area contributed by atoms with E-state index in [9.17, 15) is 0 Å². The van der Waals surface area contributed by atoms with Crippen LogP contribution in [0.3, 0.4) is 0 Å². The first-order chi connectivity index (χ1) is 5.54. The third-order valence-corrected chi connectivity index (χ3v) is 3.08. The summed E-state index contributed by atoms with van der Waals surface area (Å²) in [6.45, 7) is 13.3. The van der Waals surface area contributed by atoms with Crippen molar-refractivity contribution >= 4 is 0 Å². The number of hydrogen-bond acceptors (Lipinski definition) is 0. The van der Waals surface area contributed by atoms with Crippen LogP contribution in [-0.4, -0.2) is 0 Å². The molecule has 0 saturated carbocycles. The monoisotopic (exact) mass is 168 g/mol. The maximum atomic E-state index is 2.36. The van der Waals surface area contributed by atoms with E-state index in [1.807, 2.05) is 13.8 Å². The van der Waals surface area contributed by atoms with Gasteiger partial charge in [-0.2, -0.15) is 0 Å². The summed E-state index contributed by atoms with van der Waals surface area (Å²) in [5.41, 5.74) is 0.428. The molecule has 0 bridgehead atoms. The molecule has 0 radical (unpaired) electrons. The van der Waals surface area contributed by atoms with Crippen molar-refractivity contribution in [3.8, 4) is 0 Å². The second-order valence-electron chi connectivity index (χ2n) is 4.23. The van der Waals surface area contributed by atoms with Gasteiger partial charge in [0, 0.05) is 0 Å². The van der Waals surface area contributed by atoms with Gasteiger partial charge in [-0.25, -0.2) is 0 Å². The van der Waals surface area contributed by atoms with Gasteiger partial charge in [0.2, 0.25) is 0 Å². The fraction of sp³-hybridized carbons (Fsp3) is 0.833. The molecule has 0 aliphatic heterocycles. The molecule has 12 heavy (non-hydrogen) atoms. The number of rotatable bonds is 0. The zero-order valence-corrected chi connectivity index (χ0v) is 9.52. The van der Waals surface area contributed by atoms with E-state index >= 15 is 0 Å². The Morgan fingerprint density at radius 1 is 1.17 bits per heavy atom. The molecule has 0 amide bonds. The molecular weight excluding hydrogens is 144 g/mol. The van der Waals surface area contributed by atoms with Gasteiger partial charge < -0.3 is 0 Å². The lowest BCUT2D eigenvalue weighted by Crippen LogP contribution is -2.27. The summed E-state index contributed by atoms with van der Waals surface area (Å²) >= 11 is 0. The van der Waals surface area contributed by atoms with Crippen molar-refractivity contribution in [2.75, 3.05) is 0 Å². The summed E-state index contributed by atoms with van der Waals surface area (Å²) in [7, 11) is 0. The van der Waals surface area contributed by atoms with Crippen LogP contribution >= 0.6 is 0 Å². The topological polar surface area (TPSA) is 0 Å². The van der Waals surface area contributed by atoms with Crippen molar-refractivity contribution in [1.82, 2.24) is 0 Å². The van der Waals surface area contributed by atoms with Gasteiger partial charge in [0.15, 0.2) is 0 Å². The Hall–Kier alpha value is -0.260. The van der Waals surface area contributed by atoms with E-state index in [0.717, 1.165) is 11.8 Å². The van der Waals surface area contributed by atoms with Crippen molar-refractivity contribution in [3.63, 3.8) is 0 Å². The quantitative estimate of drug-likeness (QED) is 0.474. The molecule has 0 heteroatoms. The smallest absolute Gasteiger partial charge is 0.0147 e. The fourth-order valence-electron chi connectivity index (χ4n) is 1.68. The highest BCUT2D eigenvalue weighted by atomic mass is 14.3. The molecule has 0 spiro atoms. The van der Waals surface area contributed by atoms with Crippen LogP contribution in [0.2, 0.25) is 0 Å². The van der Waals surface area contributed by atoms with Crippen LogP contribution in [-0.2, 0) is 0 Å². The van der Waals surface area contributed by atoms with E-state index in [1.165, 1.54) is 6.42 Å². The van der Waals surface area contributed by atoms with Crippen LogP contribution in [0.15, 0.2) is 12.2 Å². The van der Waals surface area contributed by atoms with Crippen LogP contribution in [0, 0.1) is 17.3 Å². The Kier molecular flexibility index (Phi) is 4.59. The lowest BCUT2D eigenvalue weighted by atomic mass is 9.69. The van der Waals surface area contributed by atoms with Crippen molar-refractivity contribution in [2.45, 2.75) is 48.0 Å². The standard InChI is InChI=1S/C10H18.C2H6/c1-8-6-5-7-10(3,4)9(8)2;1-2/h5,7-9H,6H2,1-4H3;1-2H3. The van der Waals surface area contributed by atoms with Crippen LogP contribution in [0.25, 0.3) is 0 Å². The lowest BCUT2D eigenvalue weighted by molar-refractivity contribution is 0.207. The Labute approximate surface area is 78.1 Å². The molecule has 0 heterocycles. The van der Waals surface area contributed by atoms with Gasteiger partial charge in [-0.05, 0) is 23.7 Å². The highest BCUT2D eigenvalue weighted by Crippen LogP contribution is 2.38. The van der Waals surface area contributed by atoms with E-state index in [4.69, 9.17) is 0 Å². The molecule has 0 aromatic carbocycles. The van der Waals surface area contributed by atoms with Crippen molar-refractivity contribution in [3.05, 3.63) is 12.2 Å². The third-order valence-electron chi connectivity index (χ3n) is 3.08. The van der Waals surface area contributed by atoms with E-state index in [2.05, 4.69) is 39.8 Å². The molecule has 0 aromatic rings. The van der Waals surface area contributed by atoms with Crippen LogP contribution in [0.5, 0.6) is 0 Å². The Bertz CT molecular complexity index is 142. The lowest BCUT2D eigenvalue weighted by Gasteiger charge is -2.36. The summed E-state index contributed by atoms with van der Waals surface area (Å²) < 4.78 is 0. The zero-order valence-electron chi connectivity index (χ0n) is 9.52. The highest BCUT2D eigenvalue weighted by Gasteiger charge is 2.29. The van der Waals surface area contributed by atoms with Crippen molar-refractivity contribution < 1.29 is 0 Å². The first-order valence-electron chi connectivity index (χ1n) is 5.22. The molecule has 0 nitrogen and oxygen atoms in total. The van der Waals surface area contributed by atoms with Gasteiger partial charge in [-0.15, -0.1) is 0 Å². The molecule has 2 atom stereocenters. The van der Waals surface area contributed by atoms with Gasteiger partial charge >= 0.3 is 0 Å². The molecule has 72 valence electrons. The molecule has 2 unspecified atom stereocenters. The van der Waals surface area contributed by atoms with Crippen molar-refractivity contribution in [2.24, 2.45) is 17.3 Å². The predicted octanol–water partition coefficient (Wildman–Crippen LogP) is 4.27. The second-order valence-corrected chi connectivity index (χ2v) is 4.23. The van der Waals surface area contributed by atoms with Crippen molar-refractivity contribution in [1.29, 1.82) is 0 Å². The van der Waals surface area contributed by atoms with E-state index in [0.29, 0.717) is 5.41 Å². The van der Waals surface area contributed by atoms with Gasteiger partial charge in [-0.3, -0.25) is 0 Å². The minimum Gasteiger partial charge on any atom is -0.0877 e. The fourth-order valence-corrected chi connectivity index (χ4v) is 1.68. The first-order valence-corrected chi connectivity index (χ1v) is 5.22. The summed E-state index contributed by atoms with van der Waals surface area (Å²) in [5, 5.41) is 0. The zero-order chi connectivity index (χ0) is 9.78. The Balaban J connectivity index is 0.000000561. The molecule has 0 aromatic heterocycles. The average molecular weight is 168 g/mol. The molecular formula is C12H24. The molecule has 0 saturated heterocycles. The van der Waals surface area contributed by atoms with Crippen LogP contribution in [0.4, 0.5) is 0 Å². The minimum atomic E-state index is 0.428. The Morgan fingerprint density at radius 2 is 1.67 bits per heavy atom. The van der Waals surface area contributed by atoms with Crippen LogP contribution in [0.1, 0.15) is 48.0 Å². The summed E-state index contributed by atoms with van der Waals surface area (Å²) in [6.07, 6.45) is 5.95. The van der Waals surface area contributed by atoms with Gasteiger partial charge in [-0.1, -0.05) is 53.7 Å². The van der Waals surface area contributed by atoms with Gasteiger partial charge in [0.1, 0.15) is 0 Å². The Morgan fingerprint density at radius 3 is 2.00 bits per heavy atom. The largest absolute Gasteiger partial charge is 0.0877 e. The SMILES string of the molecule is CC.CC1CC=CC(C)(C)C1C. The normalized spacial score (nSPS) is 32.2. The average Bonchev–Trinajstić information content (AvgIpc) is 2.04. The molecule has 1 aliphatic carbocycles. The third kappa shape index (κ3) is 2.66. The summed E-state index contributed by atoms with van der Waals surface area (Å²) in [4.78, 5) is 0. The molecule has 0 N–H and O–H groups in total. The number of allylic oxidation sites excluding steroid dienone is 2. The van der Waals surface area contributed by atoms with E-state index < -0.39 is 0 Å².